The Balaban J connectivity index is 2.42. The molecule has 1 aromatic carbocycles. The molecule has 0 aliphatic heterocycles. The molecule has 0 amide bonds. The molecule has 1 unspecified atom stereocenters. The van der Waals surface area contributed by atoms with Crippen LogP contribution >= 0.6 is 15.9 Å². The Labute approximate surface area is 146 Å². The molecule has 0 heterocycles. The number of rotatable bonds is 5. The van der Waals surface area contributed by atoms with E-state index in [9.17, 15) is 9.90 Å². The SMILES string of the molecule is COC(=O)[C@@H](C)[C@@H](C1C=CC=CC1)[C@@](C)(O)c1ccc(Br)cc1. The third kappa shape index (κ3) is 3.93. The smallest absolute Gasteiger partial charge is 0.308 e. The average molecular weight is 379 g/mol. The first-order chi connectivity index (χ1) is 10.9. The number of hydrogen-bond acceptors (Lipinski definition) is 3. The third-order valence-corrected chi connectivity index (χ3v) is 5.19. The number of carbonyl (C=O) groups is 1. The van der Waals surface area contributed by atoms with Crippen molar-refractivity contribution in [1.82, 2.24) is 0 Å². The highest BCUT2D eigenvalue weighted by Gasteiger charge is 2.44. The van der Waals surface area contributed by atoms with Gasteiger partial charge in [0.1, 0.15) is 0 Å². The van der Waals surface area contributed by atoms with E-state index in [-0.39, 0.29) is 17.8 Å². The average Bonchev–Trinajstić information content (AvgIpc) is 2.55. The van der Waals surface area contributed by atoms with Crippen molar-refractivity contribution in [1.29, 1.82) is 0 Å². The maximum atomic E-state index is 12.1. The lowest BCUT2D eigenvalue weighted by molar-refractivity contribution is -0.153. The molecule has 124 valence electrons. The van der Waals surface area contributed by atoms with Crippen molar-refractivity contribution < 1.29 is 14.6 Å². The summed E-state index contributed by atoms with van der Waals surface area (Å²) in [6.45, 7) is 3.61. The van der Waals surface area contributed by atoms with Crippen molar-refractivity contribution in [3.8, 4) is 0 Å². The standard InChI is InChI=1S/C19H23BrO3/c1-13(18(21)23-3)17(14-7-5-4-6-8-14)19(2,22)15-9-11-16(20)12-10-15/h4-7,9-14,17,22H,8H2,1-3H3/t13-,14?,17-,19-/m0/s1. The summed E-state index contributed by atoms with van der Waals surface area (Å²) in [6.07, 6.45) is 8.90. The van der Waals surface area contributed by atoms with E-state index in [2.05, 4.69) is 28.1 Å². The van der Waals surface area contributed by atoms with Gasteiger partial charge >= 0.3 is 5.97 Å². The molecule has 0 saturated carbocycles. The summed E-state index contributed by atoms with van der Waals surface area (Å²) < 4.78 is 5.89. The third-order valence-electron chi connectivity index (χ3n) is 4.66. The van der Waals surface area contributed by atoms with Crippen LogP contribution in [0.1, 0.15) is 25.8 Å². The van der Waals surface area contributed by atoms with Gasteiger partial charge in [-0.1, -0.05) is 59.3 Å². The predicted octanol–water partition coefficient (Wildman–Crippen LogP) is 4.21. The first kappa shape index (κ1) is 18.0. The second-order valence-electron chi connectivity index (χ2n) is 6.20. The van der Waals surface area contributed by atoms with Gasteiger partial charge < -0.3 is 9.84 Å². The van der Waals surface area contributed by atoms with Crippen molar-refractivity contribution in [2.45, 2.75) is 25.9 Å². The van der Waals surface area contributed by atoms with Crippen LogP contribution in [0.5, 0.6) is 0 Å². The molecule has 3 nitrogen and oxygen atoms in total. The van der Waals surface area contributed by atoms with E-state index in [4.69, 9.17) is 4.74 Å². The Morgan fingerprint density at radius 1 is 1.35 bits per heavy atom. The van der Waals surface area contributed by atoms with Crippen LogP contribution in [0.15, 0.2) is 53.0 Å². The summed E-state index contributed by atoms with van der Waals surface area (Å²) in [7, 11) is 1.39. The van der Waals surface area contributed by atoms with Gasteiger partial charge in [-0.15, -0.1) is 0 Å². The van der Waals surface area contributed by atoms with Crippen molar-refractivity contribution in [2.75, 3.05) is 7.11 Å². The van der Waals surface area contributed by atoms with Crippen LogP contribution in [-0.2, 0) is 15.1 Å². The summed E-state index contributed by atoms with van der Waals surface area (Å²) in [5.41, 5.74) is -0.349. The molecule has 1 N–H and O–H groups in total. The van der Waals surface area contributed by atoms with Crippen molar-refractivity contribution in [2.24, 2.45) is 17.8 Å². The topological polar surface area (TPSA) is 46.5 Å². The number of aliphatic hydroxyl groups is 1. The number of methoxy groups -OCH3 is 1. The van der Waals surface area contributed by atoms with E-state index < -0.39 is 11.5 Å². The molecule has 4 atom stereocenters. The number of carbonyl (C=O) groups excluding carboxylic acids is 1. The molecule has 4 heteroatoms. The Morgan fingerprint density at radius 3 is 2.52 bits per heavy atom. The van der Waals surface area contributed by atoms with Crippen LogP contribution in [0.4, 0.5) is 0 Å². The highest BCUT2D eigenvalue weighted by atomic mass is 79.9. The lowest BCUT2D eigenvalue weighted by Gasteiger charge is -2.40. The van der Waals surface area contributed by atoms with Gasteiger partial charge in [0.05, 0.1) is 18.6 Å². The van der Waals surface area contributed by atoms with Crippen molar-refractivity contribution in [3.63, 3.8) is 0 Å². The van der Waals surface area contributed by atoms with Crippen LogP contribution in [0.3, 0.4) is 0 Å². The maximum absolute atomic E-state index is 12.1. The molecular formula is C19H23BrO3. The predicted molar refractivity (Wildman–Crippen MR) is 94.8 cm³/mol. The van der Waals surface area contributed by atoms with E-state index in [0.717, 1.165) is 16.5 Å². The minimum Gasteiger partial charge on any atom is -0.469 e. The summed E-state index contributed by atoms with van der Waals surface area (Å²) >= 11 is 3.41. The summed E-state index contributed by atoms with van der Waals surface area (Å²) in [5.74, 6) is -0.916. The number of allylic oxidation sites excluding steroid dienone is 4. The number of esters is 1. The van der Waals surface area contributed by atoms with Crippen molar-refractivity contribution in [3.05, 3.63) is 58.6 Å². The lowest BCUT2D eigenvalue weighted by Crippen LogP contribution is -2.43. The Kier molecular flexibility index (Phi) is 5.82. The van der Waals surface area contributed by atoms with Gasteiger partial charge in [-0.25, -0.2) is 0 Å². The fraction of sp³-hybridized carbons (Fsp3) is 0.421. The first-order valence-corrected chi connectivity index (χ1v) is 8.56. The lowest BCUT2D eigenvalue weighted by atomic mass is 9.67. The molecule has 0 spiro atoms. The quantitative estimate of drug-likeness (QED) is 0.780. The van der Waals surface area contributed by atoms with Crippen LogP contribution in [-0.4, -0.2) is 18.2 Å². The fourth-order valence-electron chi connectivity index (χ4n) is 3.45. The van der Waals surface area contributed by atoms with Gasteiger partial charge in [0, 0.05) is 10.4 Å². The van der Waals surface area contributed by atoms with Gasteiger partial charge in [0.15, 0.2) is 0 Å². The Hall–Kier alpha value is -1.39. The first-order valence-electron chi connectivity index (χ1n) is 7.77. The van der Waals surface area contributed by atoms with Gasteiger partial charge in [-0.05, 0) is 37.0 Å². The van der Waals surface area contributed by atoms with E-state index in [0.29, 0.717) is 0 Å². The van der Waals surface area contributed by atoms with Crippen LogP contribution < -0.4 is 0 Å². The number of hydrogen-bond donors (Lipinski definition) is 1. The summed E-state index contributed by atoms with van der Waals surface area (Å²) in [5, 5.41) is 11.3. The van der Waals surface area contributed by atoms with Crippen LogP contribution in [0, 0.1) is 17.8 Å². The summed E-state index contributed by atoms with van der Waals surface area (Å²) in [4.78, 5) is 12.1. The second kappa shape index (κ2) is 7.45. The molecule has 0 saturated heterocycles. The molecule has 23 heavy (non-hydrogen) atoms. The largest absolute Gasteiger partial charge is 0.469 e. The minimum atomic E-state index is -1.14. The van der Waals surface area contributed by atoms with E-state index in [1.165, 1.54) is 7.11 Å². The molecule has 0 bridgehead atoms. The molecule has 1 aliphatic rings. The van der Waals surface area contributed by atoms with E-state index in [1.807, 2.05) is 43.3 Å². The minimum absolute atomic E-state index is 0.0766. The molecule has 0 radical (unpaired) electrons. The highest BCUT2D eigenvalue weighted by Crippen LogP contribution is 2.42. The number of halogens is 1. The van der Waals surface area contributed by atoms with Crippen LogP contribution in [0.25, 0.3) is 0 Å². The molecule has 1 aliphatic carbocycles. The summed E-state index contributed by atoms with van der Waals surface area (Å²) in [6, 6.07) is 7.59. The monoisotopic (exact) mass is 378 g/mol. The highest BCUT2D eigenvalue weighted by molar-refractivity contribution is 9.10. The molecular weight excluding hydrogens is 356 g/mol. The van der Waals surface area contributed by atoms with Gasteiger partial charge in [-0.3, -0.25) is 4.79 Å². The molecule has 2 rings (SSSR count). The van der Waals surface area contributed by atoms with Crippen molar-refractivity contribution >= 4 is 21.9 Å². The van der Waals surface area contributed by atoms with Gasteiger partial charge in [0.2, 0.25) is 0 Å². The Morgan fingerprint density at radius 2 is 2.00 bits per heavy atom. The van der Waals surface area contributed by atoms with Crippen LogP contribution in [0.2, 0.25) is 0 Å². The maximum Gasteiger partial charge on any atom is 0.308 e. The van der Waals surface area contributed by atoms with Gasteiger partial charge in [0.25, 0.3) is 0 Å². The normalized spacial score (nSPS) is 22.2. The molecule has 0 aromatic heterocycles. The number of benzene rings is 1. The molecule has 0 fully saturated rings. The van der Waals surface area contributed by atoms with Gasteiger partial charge in [-0.2, -0.15) is 0 Å². The zero-order valence-corrected chi connectivity index (χ0v) is 15.3. The van der Waals surface area contributed by atoms with E-state index >= 15 is 0 Å². The fourth-order valence-corrected chi connectivity index (χ4v) is 3.72. The van der Waals surface area contributed by atoms with E-state index in [1.54, 1.807) is 6.92 Å². The molecule has 1 aromatic rings. The number of ether oxygens (including phenoxy) is 1. The zero-order valence-electron chi connectivity index (χ0n) is 13.7. The Bertz CT molecular complexity index is 602. The second-order valence-corrected chi connectivity index (χ2v) is 7.12. The zero-order chi connectivity index (χ0) is 17.0.